The molecule has 0 radical (unpaired) electrons. The van der Waals surface area contributed by atoms with Crippen LogP contribution in [0.5, 0.6) is 0 Å². The second kappa shape index (κ2) is 5.68. The first kappa shape index (κ1) is 17.5. The van der Waals surface area contributed by atoms with Gasteiger partial charge in [0.2, 0.25) is 0 Å². The van der Waals surface area contributed by atoms with Gasteiger partial charge in [-0.05, 0) is 58.3 Å². The average Bonchev–Trinajstić information content (AvgIpc) is 2.33. The van der Waals surface area contributed by atoms with Crippen LogP contribution in [0.2, 0.25) is 0 Å². The van der Waals surface area contributed by atoms with Crippen LogP contribution in [-0.2, 0) is 4.74 Å². The molecular formula is C17H32N2O3. The number of rotatable bonds is 2. The molecular weight excluding hydrogens is 280 g/mol. The second-order valence-electron chi connectivity index (χ2n) is 8.61. The van der Waals surface area contributed by atoms with Crippen molar-refractivity contribution < 1.29 is 14.6 Å². The van der Waals surface area contributed by atoms with E-state index in [1.54, 1.807) is 4.90 Å². The van der Waals surface area contributed by atoms with Gasteiger partial charge in [0.25, 0.3) is 0 Å². The summed E-state index contributed by atoms with van der Waals surface area (Å²) in [4.78, 5) is 13.6. The lowest BCUT2D eigenvalue weighted by Crippen LogP contribution is -2.79. The van der Waals surface area contributed by atoms with Crippen molar-refractivity contribution in [2.45, 2.75) is 77.0 Å². The lowest BCUT2D eigenvalue weighted by Gasteiger charge is -2.57. The molecule has 22 heavy (non-hydrogen) atoms. The van der Waals surface area contributed by atoms with Crippen LogP contribution in [-0.4, -0.2) is 45.9 Å². The van der Waals surface area contributed by atoms with Gasteiger partial charge in [-0.3, -0.25) is 0 Å². The van der Waals surface area contributed by atoms with Crippen molar-refractivity contribution in [2.24, 2.45) is 17.6 Å². The van der Waals surface area contributed by atoms with E-state index in [2.05, 4.69) is 13.8 Å². The number of likely N-dealkylation sites (tertiary alicyclic amines) is 1. The Morgan fingerprint density at radius 1 is 1.27 bits per heavy atom. The summed E-state index contributed by atoms with van der Waals surface area (Å²) in [5.74, 6) is 1.32. The van der Waals surface area contributed by atoms with Crippen LogP contribution >= 0.6 is 0 Å². The van der Waals surface area contributed by atoms with E-state index >= 15 is 0 Å². The molecule has 128 valence electrons. The molecule has 1 aliphatic carbocycles. The van der Waals surface area contributed by atoms with Gasteiger partial charge in [0.1, 0.15) is 5.60 Å². The predicted molar refractivity (Wildman–Crippen MR) is 86.5 cm³/mol. The third kappa shape index (κ3) is 3.40. The number of carbonyl (C=O) groups excluding carboxylic acids is 1. The van der Waals surface area contributed by atoms with E-state index in [0.29, 0.717) is 24.9 Å². The molecule has 5 nitrogen and oxygen atoms in total. The largest absolute Gasteiger partial charge is 0.444 e. The average molecular weight is 312 g/mol. The van der Waals surface area contributed by atoms with E-state index < -0.39 is 16.7 Å². The van der Waals surface area contributed by atoms with Crippen molar-refractivity contribution in [1.29, 1.82) is 0 Å². The molecule has 0 aromatic carbocycles. The molecule has 2 rings (SSSR count). The molecule has 0 aromatic rings. The number of carbonyl (C=O) groups is 1. The minimum absolute atomic E-state index is 0.340. The first-order chi connectivity index (χ1) is 9.96. The van der Waals surface area contributed by atoms with E-state index in [9.17, 15) is 9.90 Å². The maximum Gasteiger partial charge on any atom is 0.410 e. The number of ether oxygens (including phenoxy) is 1. The van der Waals surface area contributed by atoms with Gasteiger partial charge in [-0.2, -0.15) is 0 Å². The van der Waals surface area contributed by atoms with Crippen LogP contribution in [0.1, 0.15) is 60.3 Å². The molecule has 0 spiro atoms. The third-order valence-electron chi connectivity index (χ3n) is 5.32. The third-order valence-corrected chi connectivity index (χ3v) is 5.32. The van der Waals surface area contributed by atoms with Crippen molar-refractivity contribution >= 4 is 6.09 Å². The summed E-state index contributed by atoms with van der Waals surface area (Å²) >= 11 is 0. The maximum atomic E-state index is 12.0. The highest BCUT2D eigenvalue weighted by Gasteiger charge is 2.57. The first-order valence-electron chi connectivity index (χ1n) is 8.45. The summed E-state index contributed by atoms with van der Waals surface area (Å²) < 4.78 is 5.35. The van der Waals surface area contributed by atoms with Crippen molar-refractivity contribution in [2.75, 3.05) is 13.1 Å². The number of nitrogens with two attached hydrogens (primary N) is 1. The molecule has 2 aliphatic rings. The van der Waals surface area contributed by atoms with Crippen molar-refractivity contribution in [1.82, 2.24) is 4.90 Å². The van der Waals surface area contributed by atoms with E-state index in [4.69, 9.17) is 10.5 Å². The number of nitrogens with zero attached hydrogens (tertiary/aromatic N) is 1. The SMILES string of the molecule is CC(C)C1CCC(O)(C2(N)CN(C(=O)OC(C)(C)C)C2)CC1. The number of aliphatic hydroxyl groups is 1. The lowest BCUT2D eigenvalue weighted by atomic mass is 9.64. The zero-order valence-electron chi connectivity index (χ0n) is 14.7. The first-order valence-corrected chi connectivity index (χ1v) is 8.45. The van der Waals surface area contributed by atoms with E-state index in [-0.39, 0.29) is 6.09 Å². The summed E-state index contributed by atoms with van der Waals surface area (Å²) in [6.07, 6.45) is 3.15. The zero-order valence-corrected chi connectivity index (χ0v) is 14.7. The Morgan fingerprint density at radius 3 is 2.18 bits per heavy atom. The van der Waals surface area contributed by atoms with E-state index in [1.807, 2.05) is 20.8 Å². The number of amides is 1. The van der Waals surface area contributed by atoms with Gasteiger partial charge in [0.15, 0.2) is 0 Å². The molecule has 1 amide bonds. The van der Waals surface area contributed by atoms with Gasteiger partial charge < -0.3 is 20.5 Å². The van der Waals surface area contributed by atoms with Crippen molar-refractivity contribution in [3.63, 3.8) is 0 Å². The summed E-state index contributed by atoms with van der Waals surface area (Å²) in [6.45, 7) is 10.8. The Hall–Kier alpha value is -0.810. The molecule has 2 fully saturated rings. The smallest absolute Gasteiger partial charge is 0.410 e. The summed E-state index contributed by atoms with van der Waals surface area (Å²) in [6, 6.07) is 0. The highest BCUT2D eigenvalue weighted by molar-refractivity contribution is 5.70. The number of hydrogen-bond acceptors (Lipinski definition) is 4. The zero-order chi connectivity index (χ0) is 16.8. The fourth-order valence-electron chi connectivity index (χ4n) is 3.67. The topological polar surface area (TPSA) is 75.8 Å². The van der Waals surface area contributed by atoms with Crippen LogP contribution in [0, 0.1) is 11.8 Å². The molecule has 1 saturated carbocycles. The lowest BCUT2D eigenvalue weighted by molar-refractivity contribution is -0.129. The maximum absolute atomic E-state index is 12.0. The van der Waals surface area contributed by atoms with Crippen LogP contribution in [0.15, 0.2) is 0 Å². The van der Waals surface area contributed by atoms with E-state index in [0.717, 1.165) is 25.7 Å². The second-order valence-corrected chi connectivity index (χ2v) is 8.61. The Morgan fingerprint density at radius 2 is 1.77 bits per heavy atom. The highest BCUT2D eigenvalue weighted by Crippen LogP contribution is 2.44. The molecule has 0 aromatic heterocycles. The molecule has 3 N–H and O–H groups in total. The van der Waals surface area contributed by atoms with E-state index in [1.165, 1.54) is 0 Å². The fraction of sp³-hybridized carbons (Fsp3) is 0.941. The predicted octanol–water partition coefficient (Wildman–Crippen LogP) is 2.51. The summed E-state index contributed by atoms with van der Waals surface area (Å²) in [5.41, 5.74) is 4.38. The van der Waals surface area contributed by atoms with Crippen LogP contribution < -0.4 is 5.73 Å². The van der Waals surface area contributed by atoms with Crippen molar-refractivity contribution in [3.8, 4) is 0 Å². The molecule has 0 atom stereocenters. The summed E-state index contributed by atoms with van der Waals surface area (Å²) in [7, 11) is 0. The van der Waals surface area contributed by atoms with Crippen molar-refractivity contribution in [3.05, 3.63) is 0 Å². The van der Waals surface area contributed by atoms with Gasteiger partial charge in [0, 0.05) is 13.1 Å². The van der Waals surface area contributed by atoms with Gasteiger partial charge in [0.05, 0.1) is 11.1 Å². The molecule has 1 heterocycles. The quantitative estimate of drug-likeness (QED) is 0.821. The van der Waals surface area contributed by atoms with Crippen LogP contribution in [0.3, 0.4) is 0 Å². The highest BCUT2D eigenvalue weighted by atomic mass is 16.6. The standard InChI is InChI=1S/C17H32N2O3/c1-12(2)13-6-8-17(21,9-7-13)16(18)10-19(11-16)14(20)22-15(3,4)5/h12-13,21H,6-11,18H2,1-5H3. The Balaban J connectivity index is 1.91. The summed E-state index contributed by atoms with van der Waals surface area (Å²) in [5, 5.41) is 11.0. The molecule has 0 unspecified atom stereocenters. The Kier molecular flexibility index (Phi) is 4.53. The van der Waals surface area contributed by atoms with Crippen LogP contribution in [0.4, 0.5) is 4.79 Å². The van der Waals surface area contributed by atoms with Gasteiger partial charge in [-0.15, -0.1) is 0 Å². The fourth-order valence-corrected chi connectivity index (χ4v) is 3.67. The minimum Gasteiger partial charge on any atom is -0.444 e. The number of hydrogen-bond donors (Lipinski definition) is 2. The Labute approximate surface area is 134 Å². The molecule has 1 saturated heterocycles. The van der Waals surface area contributed by atoms with Gasteiger partial charge in [-0.25, -0.2) is 4.79 Å². The van der Waals surface area contributed by atoms with Crippen LogP contribution in [0.25, 0.3) is 0 Å². The van der Waals surface area contributed by atoms with Gasteiger partial charge >= 0.3 is 6.09 Å². The molecule has 0 bridgehead atoms. The normalized spacial score (nSPS) is 31.8. The minimum atomic E-state index is -0.850. The molecule has 5 heteroatoms. The molecule has 1 aliphatic heterocycles. The monoisotopic (exact) mass is 312 g/mol. The van der Waals surface area contributed by atoms with Gasteiger partial charge in [-0.1, -0.05) is 13.8 Å². The Bertz CT molecular complexity index is 414.